The number of amides is 1. The Labute approximate surface area is 85.2 Å². The zero-order valence-electron chi connectivity index (χ0n) is 9.47. The third-order valence-corrected chi connectivity index (χ3v) is 1.36. The third-order valence-electron chi connectivity index (χ3n) is 1.36. The van der Waals surface area contributed by atoms with Gasteiger partial charge in [-0.15, -0.1) is 0 Å². The van der Waals surface area contributed by atoms with E-state index in [0.29, 0.717) is 0 Å². The molecule has 80 valence electrons. The molecule has 0 rings (SSSR count). The number of carbonyl (C=O) groups excluding carboxylic acids is 1. The second-order valence-electron chi connectivity index (χ2n) is 4.85. The quantitative estimate of drug-likeness (QED) is 0.739. The van der Waals surface area contributed by atoms with Gasteiger partial charge in [-0.3, -0.25) is 0 Å². The minimum absolute atomic E-state index is 0.256. The summed E-state index contributed by atoms with van der Waals surface area (Å²) in [6.07, 6.45) is -0.232. The predicted molar refractivity (Wildman–Crippen MR) is 53.7 cm³/mol. The Morgan fingerprint density at radius 2 is 1.86 bits per heavy atom. The van der Waals surface area contributed by atoms with Gasteiger partial charge >= 0.3 is 6.09 Å². The Kier molecular flexibility index (Phi) is 3.93. The summed E-state index contributed by atoms with van der Waals surface area (Å²) in [5.74, 6) is 0. The van der Waals surface area contributed by atoms with E-state index in [-0.39, 0.29) is 6.42 Å². The van der Waals surface area contributed by atoms with E-state index < -0.39 is 17.2 Å². The van der Waals surface area contributed by atoms with Crippen molar-refractivity contribution in [1.82, 2.24) is 5.32 Å². The molecular formula is C10H18N2O2. The molecule has 1 N–H and O–H groups in total. The normalized spacial score (nSPS) is 11.7. The van der Waals surface area contributed by atoms with Crippen LogP contribution in [0, 0.1) is 11.3 Å². The molecule has 0 aromatic carbocycles. The number of carbonyl (C=O) groups is 1. The second kappa shape index (κ2) is 4.32. The molecule has 0 aliphatic carbocycles. The summed E-state index contributed by atoms with van der Waals surface area (Å²) in [6, 6.07) is 2.01. The van der Waals surface area contributed by atoms with Crippen LogP contribution in [-0.4, -0.2) is 17.2 Å². The molecule has 0 spiro atoms. The highest BCUT2D eigenvalue weighted by Gasteiger charge is 2.23. The van der Waals surface area contributed by atoms with Gasteiger partial charge < -0.3 is 10.1 Å². The van der Waals surface area contributed by atoms with Crippen LogP contribution in [0.1, 0.15) is 41.0 Å². The van der Waals surface area contributed by atoms with Crippen LogP contribution in [0.25, 0.3) is 0 Å². The summed E-state index contributed by atoms with van der Waals surface area (Å²) >= 11 is 0. The molecule has 0 bridgehead atoms. The number of alkyl carbamates (subject to hydrolysis) is 1. The molecule has 0 radical (unpaired) electrons. The van der Waals surface area contributed by atoms with E-state index in [2.05, 4.69) is 5.32 Å². The molecule has 0 aromatic rings. The van der Waals surface area contributed by atoms with Gasteiger partial charge in [-0.05, 0) is 34.6 Å². The summed E-state index contributed by atoms with van der Waals surface area (Å²) in [5.41, 5.74) is -1.05. The fourth-order valence-corrected chi connectivity index (χ4v) is 0.822. The van der Waals surface area contributed by atoms with Crippen molar-refractivity contribution in [3.63, 3.8) is 0 Å². The summed E-state index contributed by atoms with van der Waals surface area (Å²) in [4.78, 5) is 11.3. The Balaban J connectivity index is 4.14. The fraction of sp³-hybridized carbons (Fsp3) is 0.800. The van der Waals surface area contributed by atoms with Gasteiger partial charge in [0.2, 0.25) is 0 Å². The van der Waals surface area contributed by atoms with E-state index in [1.807, 2.05) is 6.07 Å². The van der Waals surface area contributed by atoms with Crippen molar-refractivity contribution in [2.45, 2.75) is 52.2 Å². The van der Waals surface area contributed by atoms with Crippen molar-refractivity contribution in [3.8, 4) is 6.07 Å². The van der Waals surface area contributed by atoms with Crippen LogP contribution in [0.3, 0.4) is 0 Å². The van der Waals surface area contributed by atoms with Crippen molar-refractivity contribution in [2.24, 2.45) is 0 Å². The summed E-state index contributed by atoms with van der Waals surface area (Å²) in [5, 5.41) is 11.1. The van der Waals surface area contributed by atoms with Gasteiger partial charge in [0.05, 0.1) is 18.0 Å². The molecule has 0 unspecified atom stereocenters. The lowest BCUT2D eigenvalue weighted by Crippen LogP contribution is -2.45. The Bertz CT molecular complexity index is 246. The smallest absolute Gasteiger partial charge is 0.408 e. The number of nitrogens with one attached hydrogen (secondary N) is 1. The average molecular weight is 198 g/mol. The molecule has 0 saturated heterocycles. The SMILES string of the molecule is CC(C)(CC#N)NC(=O)OC(C)(C)C. The monoisotopic (exact) mass is 198 g/mol. The van der Waals surface area contributed by atoms with Crippen molar-refractivity contribution < 1.29 is 9.53 Å². The molecule has 14 heavy (non-hydrogen) atoms. The van der Waals surface area contributed by atoms with Gasteiger partial charge in [0.15, 0.2) is 0 Å². The van der Waals surface area contributed by atoms with Crippen molar-refractivity contribution >= 4 is 6.09 Å². The summed E-state index contributed by atoms with van der Waals surface area (Å²) in [6.45, 7) is 8.94. The lowest BCUT2D eigenvalue weighted by atomic mass is 10.0. The van der Waals surface area contributed by atoms with Gasteiger partial charge in [0.1, 0.15) is 5.60 Å². The van der Waals surface area contributed by atoms with Crippen molar-refractivity contribution in [1.29, 1.82) is 5.26 Å². The van der Waals surface area contributed by atoms with Gasteiger partial charge in [-0.25, -0.2) is 4.79 Å². The number of nitriles is 1. The molecule has 0 atom stereocenters. The largest absolute Gasteiger partial charge is 0.444 e. The molecular weight excluding hydrogens is 180 g/mol. The topological polar surface area (TPSA) is 62.1 Å². The lowest BCUT2D eigenvalue weighted by Gasteiger charge is -2.26. The first-order valence-electron chi connectivity index (χ1n) is 4.54. The van der Waals surface area contributed by atoms with Gasteiger partial charge in [0.25, 0.3) is 0 Å². The third kappa shape index (κ3) is 6.30. The van der Waals surface area contributed by atoms with Crippen LogP contribution >= 0.6 is 0 Å². The van der Waals surface area contributed by atoms with Crippen LogP contribution in [0.2, 0.25) is 0 Å². The number of hydrogen-bond donors (Lipinski definition) is 1. The highest BCUT2D eigenvalue weighted by Crippen LogP contribution is 2.11. The Hall–Kier alpha value is -1.24. The number of rotatable bonds is 2. The number of hydrogen-bond acceptors (Lipinski definition) is 3. The maximum Gasteiger partial charge on any atom is 0.408 e. The van der Waals surface area contributed by atoms with Crippen LogP contribution in [-0.2, 0) is 4.74 Å². The highest BCUT2D eigenvalue weighted by molar-refractivity contribution is 5.68. The van der Waals surface area contributed by atoms with Crippen LogP contribution in [0.4, 0.5) is 4.79 Å². The van der Waals surface area contributed by atoms with Gasteiger partial charge in [-0.1, -0.05) is 0 Å². The molecule has 1 amide bonds. The molecule has 0 aromatic heterocycles. The first-order chi connectivity index (χ1) is 6.16. The first kappa shape index (κ1) is 12.8. The van der Waals surface area contributed by atoms with E-state index in [1.54, 1.807) is 34.6 Å². The molecule has 4 heteroatoms. The Morgan fingerprint density at radius 3 is 2.21 bits per heavy atom. The van der Waals surface area contributed by atoms with E-state index in [4.69, 9.17) is 10.00 Å². The summed E-state index contributed by atoms with van der Waals surface area (Å²) < 4.78 is 5.06. The number of ether oxygens (including phenoxy) is 1. The molecule has 4 nitrogen and oxygen atoms in total. The molecule has 0 aliphatic heterocycles. The molecule has 0 saturated carbocycles. The minimum atomic E-state index is -0.545. The van der Waals surface area contributed by atoms with Gasteiger partial charge in [0, 0.05) is 0 Å². The zero-order valence-corrected chi connectivity index (χ0v) is 9.47. The minimum Gasteiger partial charge on any atom is -0.444 e. The molecule has 0 fully saturated rings. The average Bonchev–Trinajstić information content (AvgIpc) is 1.78. The van der Waals surface area contributed by atoms with E-state index in [0.717, 1.165) is 0 Å². The fourth-order valence-electron chi connectivity index (χ4n) is 0.822. The maximum absolute atomic E-state index is 11.3. The first-order valence-corrected chi connectivity index (χ1v) is 4.54. The standard InChI is InChI=1S/C10H18N2O2/c1-9(2,3)14-8(13)12-10(4,5)6-7-11/h6H2,1-5H3,(H,12,13). The second-order valence-corrected chi connectivity index (χ2v) is 4.85. The van der Waals surface area contributed by atoms with E-state index in [9.17, 15) is 4.79 Å². The zero-order chi connectivity index (χ0) is 11.4. The molecule has 0 heterocycles. The van der Waals surface area contributed by atoms with Crippen LogP contribution in [0.15, 0.2) is 0 Å². The van der Waals surface area contributed by atoms with Crippen molar-refractivity contribution in [3.05, 3.63) is 0 Å². The van der Waals surface area contributed by atoms with Crippen LogP contribution in [0.5, 0.6) is 0 Å². The highest BCUT2D eigenvalue weighted by atomic mass is 16.6. The number of nitrogens with zero attached hydrogens (tertiary/aromatic N) is 1. The predicted octanol–water partition coefficient (Wildman–Crippen LogP) is 2.20. The molecule has 0 aliphatic rings. The van der Waals surface area contributed by atoms with E-state index >= 15 is 0 Å². The van der Waals surface area contributed by atoms with Crippen LogP contribution < -0.4 is 5.32 Å². The summed E-state index contributed by atoms with van der Waals surface area (Å²) in [7, 11) is 0. The van der Waals surface area contributed by atoms with Crippen molar-refractivity contribution in [2.75, 3.05) is 0 Å². The van der Waals surface area contributed by atoms with Gasteiger partial charge in [-0.2, -0.15) is 5.26 Å². The maximum atomic E-state index is 11.3. The lowest BCUT2D eigenvalue weighted by molar-refractivity contribution is 0.0474. The Morgan fingerprint density at radius 1 is 1.36 bits per heavy atom. The van der Waals surface area contributed by atoms with E-state index in [1.165, 1.54) is 0 Å².